The van der Waals surface area contributed by atoms with Crippen LogP contribution in [0.3, 0.4) is 0 Å². The third-order valence-electron chi connectivity index (χ3n) is 11.1. The van der Waals surface area contributed by atoms with Crippen molar-refractivity contribution < 1.29 is 81.0 Å². The number of aliphatic hydroxyl groups is 2. The lowest BCUT2D eigenvalue weighted by Gasteiger charge is -2.37. The van der Waals surface area contributed by atoms with Crippen molar-refractivity contribution in [2.24, 2.45) is 0 Å². The molecule has 1 aromatic carbocycles. The molecule has 0 spiro atoms. The zero-order valence-electron chi connectivity index (χ0n) is 41.3. The van der Waals surface area contributed by atoms with Crippen LogP contribution in [0.5, 0.6) is 0 Å². The maximum atomic E-state index is 11.8. The van der Waals surface area contributed by atoms with Crippen LogP contribution in [0.25, 0.3) is 11.2 Å². The highest BCUT2D eigenvalue weighted by molar-refractivity contribution is 7.64. The molecule has 0 bridgehead atoms. The average molecular weight is 1000 g/mol. The smallest absolute Gasteiger partial charge is 0.278 e. The highest BCUT2D eigenvalue weighted by Crippen LogP contribution is 2.60. The van der Waals surface area contributed by atoms with Crippen molar-refractivity contribution in [2.75, 3.05) is 90.5 Å². The zero-order valence-corrected chi connectivity index (χ0v) is 43.9. The Balaban J connectivity index is 0.00000122. The quantitative estimate of drug-likeness (QED) is 0.0488. The number of aromatic nitrogens is 4. The number of benzene rings is 1. The summed E-state index contributed by atoms with van der Waals surface area (Å²) in [5, 5.41) is 23.9. The number of ether oxygens (including phenoxy) is 1. The van der Waals surface area contributed by atoms with E-state index < -0.39 is 54.6 Å². The van der Waals surface area contributed by atoms with E-state index in [4.69, 9.17) is 4.74 Å². The first-order valence-corrected chi connectivity index (χ1v) is 27.5. The number of quaternary nitrogens is 4. The van der Waals surface area contributed by atoms with Gasteiger partial charge in [-0.1, -0.05) is 30.3 Å². The molecule has 0 saturated carbocycles. The number of anilines is 1. The summed E-state index contributed by atoms with van der Waals surface area (Å²) in [6.07, 6.45) is -3.81. The summed E-state index contributed by atoms with van der Waals surface area (Å²) in [6, 6.07) is 9.41. The van der Waals surface area contributed by atoms with Gasteiger partial charge in [0, 0.05) is 6.54 Å². The summed E-state index contributed by atoms with van der Waals surface area (Å²) in [7, 11) is -18.1. The largest absolute Gasteiger partial charge is 0.790 e. The molecule has 2 unspecified atom stereocenters. The van der Waals surface area contributed by atoms with Gasteiger partial charge < -0.3 is 68.5 Å². The maximum absolute atomic E-state index is 11.8. The van der Waals surface area contributed by atoms with Gasteiger partial charge in [0.2, 0.25) is 0 Å². The fraction of sp³-hybridized carbons (Fsp3) is 0.732. The molecule has 3 aromatic rings. The lowest BCUT2D eigenvalue weighted by molar-refractivity contribution is -0.894. The molecular formula is C41H82N9O13P3. The van der Waals surface area contributed by atoms with Gasteiger partial charge in [-0.25, -0.2) is 19.3 Å². The standard InChI is InChI=1S/C17H22N5O13P3.4C6H15N/c23-13-11(7-32-37(28,29)35-38(30,31)34-36(25,26)27)33-17(14(13)24)22-9-21-12-15(19-8-20-16(12)22)18-6-10-4-2-1-3-5-10;4*1-4-7(5-2)6-3/h1-5,8-9,11,13-14,17,23-24H,6-7H2,(H,28,29)(H,30,31)(H,18,19,20)(H2,25,26,27);4*4-6H2,1-3H3/t11-,13-,14-,17-;;;;/m1..../s1. The maximum Gasteiger partial charge on any atom is 0.278 e. The number of hydrogen-bond acceptors (Lipinski definition) is 17. The minimum absolute atomic E-state index is 0.190. The van der Waals surface area contributed by atoms with Crippen LogP contribution in [-0.4, -0.2) is 133 Å². The van der Waals surface area contributed by atoms with Crippen LogP contribution in [0.15, 0.2) is 43.0 Å². The topological polar surface area (TPSA) is 294 Å². The average Bonchev–Trinajstić information content (AvgIpc) is 3.84. The predicted octanol–water partition coefficient (Wildman–Crippen LogP) is -2.40. The highest BCUT2D eigenvalue weighted by atomic mass is 31.3. The molecule has 22 nitrogen and oxygen atoms in total. The van der Waals surface area contributed by atoms with Crippen LogP contribution in [0.1, 0.15) is 94.9 Å². The van der Waals surface area contributed by atoms with E-state index in [-0.39, 0.29) is 5.65 Å². The Morgan fingerprint density at radius 3 is 1.47 bits per heavy atom. The summed E-state index contributed by atoms with van der Waals surface area (Å²) in [5.41, 5.74) is 1.45. The SMILES string of the molecule is CC[NH+](CC)CC.CC[NH+](CC)CC.CC[NH+](CC)CC.CC[NH+](CC)CC.O=P([O-])([O-])OP(=O)([O-])OP(=O)([O-])OC[C@H]1O[C@@H](n2cnc3c(NCc4ccccc4)ncnc32)[C@H](O)[C@@H]1O. The molecule has 4 rings (SSSR count). The minimum atomic E-state index is -6.16. The van der Waals surface area contributed by atoms with Crippen molar-refractivity contribution in [3.8, 4) is 0 Å². The van der Waals surface area contributed by atoms with E-state index in [1.54, 1.807) is 19.6 Å². The van der Waals surface area contributed by atoms with Gasteiger partial charge >= 0.3 is 0 Å². The van der Waals surface area contributed by atoms with Crippen molar-refractivity contribution in [1.82, 2.24) is 19.5 Å². The Morgan fingerprint density at radius 2 is 1.08 bits per heavy atom. The van der Waals surface area contributed by atoms with E-state index >= 15 is 0 Å². The van der Waals surface area contributed by atoms with Gasteiger partial charge in [0.25, 0.3) is 15.6 Å². The molecule has 6 atom stereocenters. The normalized spacial score (nSPS) is 18.9. The van der Waals surface area contributed by atoms with E-state index in [1.807, 2.05) is 30.3 Å². The van der Waals surface area contributed by atoms with Gasteiger partial charge in [0.05, 0.1) is 99.3 Å². The number of phosphoric acid groups is 3. The van der Waals surface area contributed by atoms with Gasteiger partial charge in [0.1, 0.15) is 24.6 Å². The van der Waals surface area contributed by atoms with Gasteiger partial charge in [-0.3, -0.25) is 18.0 Å². The predicted molar refractivity (Wildman–Crippen MR) is 246 cm³/mol. The third-order valence-corrected chi connectivity index (χ3v) is 14.7. The van der Waals surface area contributed by atoms with Crippen LogP contribution in [-0.2, 0) is 38.1 Å². The first-order valence-electron chi connectivity index (χ1n) is 23.2. The summed E-state index contributed by atoms with van der Waals surface area (Å²) >= 11 is 0. The molecule has 3 heterocycles. The molecule has 0 amide bonds. The summed E-state index contributed by atoms with van der Waals surface area (Å²) in [6.45, 7) is 41.3. The van der Waals surface area contributed by atoms with Crippen LogP contribution in [0.2, 0.25) is 0 Å². The number of imidazole rings is 1. The van der Waals surface area contributed by atoms with Crippen molar-refractivity contribution in [2.45, 2.75) is 114 Å². The monoisotopic (exact) mass is 1000 g/mol. The number of phosphoric ester groups is 1. The van der Waals surface area contributed by atoms with Crippen molar-refractivity contribution >= 4 is 40.4 Å². The molecule has 0 aliphatic carbocycles. The van der Waals surface area contributed by atoms with Crippen LogP contribution in [0, 0.1) is 0 Å². The minimum Gasteiger partial charge on any atom is -0.790 e. The van der Waals surface area contributed by atoms with E-state index in [2.05, 4.69) is 116 Å². The Kier molecular flexibility index (Phi) is 32.9. The van der Waals surface area contributed by atoms with Crippen LogP contribution >= 0.6 is 23.5 Å². The van der Waals surface area contributed by atoms with Gasteiger partial charge in [-0.05, 0) is 88.6 Å². The van der Waals surface area contributed by atoms with E-state index in [0.717, 1.165) is 5.56 Å². The number of hydrogen-bond donors (Lipinski definition) is 7. The van der Waals surface area contributed by atoms with Gasteiger partial charge in [-0.2, -0.15) is 0 Å². The molecular weight excluding hydrogens is 919 g/mol. The van der Waals surface area contributed by atoms with Crippen LogP contribution < -0.4 is 44.5 Å². The summed E-state index contributed by atoms with van der Waals surface area (Å²) in [5.74, 6) is 0.361. The lowest BCUT2D eigenvalue weighted by Crippen LogP contribution is -3.11. The molecule has 0 radical (unpaired) electrons. The van der Waals surface area contributed by atoms with E-state index in [1.165, 1.54) is 95.8 Å². The molecule has 1 aliphatic heterocycles. The third kappa shape index (κ3) is 24.8. The lowest BCUT2D eigenvalue weighted by atomic mass is 10.1. The number of nitrogens with zero attached hydrogens (tertiary/aromatic N) is 4. The second-order valence-corrected chi connectivity index (χ2v) is 19.2. The number of nitrogens with one attached hydrogen (secondary N) is 5. The van der Waals surface area contributed by atoms with Gasteiger partial charge in [0.15, 0.2) is 23.2 Å². The Morgan fingerprint density at radius 1 is 0.636 bits per heavy atom. The second kappa shape index (κ2) is 34.1. The Labute approximate surface area is 393 Å². The fourth-order valence-corrected chi connectivity index (χ4v) is 9.36. The van der Waals surface area contributed by atoms with Crippen molar-refractivity contribution in [3.05, 3.63) is 48.5 Å². The summed E-state index contributed by atoms with van der Waals surface area (Å²) in [4.78, 5) is 63.1. The zero-order chi connectivity index (χ0) is 50.5. The molecule has 66 heavy (non-hydrogen) atoms. The molecule has 1 fully saturated rings. The van der Waals surface area contributed by atoms with E-state index in [9.17, 15) is 43.5 Å². The number of aliphatic hydroxyl groups excluding tert-OH is 2. The first-order chi connectivity index (χ1) is 31.1. The number of rotatable bonds is 23. The Bertz CT molecular complexity index is 1770. The van der Waals surface area contributed by atoms with E-state index in [0.29, 0.717) is 17.9 Å². The first kappa shape index (κ1) is 63.7. The second-order valence-electron chi connectivity index (χ2n) is 15.0. The summed E-state index contributed by atoms with van der Waals surface area (Å²) < 4.78 is 51.0. The molecule has 1 saturated heterocycles. The molecule has 25 heteroatoms. The molecule has 2 aromatic heterocycles. The highest BCUT2D eigenvalue weighted by Gasteiger charge is 2.45. The fourth-order valence-electron chi connectivity index (χ4n) is 6.49. The molecule has 384 valence electrons. The van der Waals surface area contributed by atoms with Gasteiger partial charge in [-0.15, -0.1) is 0 Å². The Hall–Kier alpha value is -2.30. The number of fused-ring (bicyclic) bond motifs is 1. The molecule has 7 N–H and O–H groups in total. The molecule has 1 aliphatic rings. The van der Waals surface area contributed by atoms with Crippen LogP contribution in [0.4, 0.5) is 5.82 Å². The van der Waals surface area contributed by atoms with Crippen molar-refractivity contribution in [1.29, 1.82) is 0 Å². The van der Waals surface area contributed by atoms with Crippen molar-refractivity contribution in [3.63, 3.8) is 0 Å².